The molecule has 362 valence electrons. The minimum absolute atomic E-state index is 0.00262. The fraction of sp³-hybridized carbons (Fsp3) is 0.388. The Balaban J connectivity index is 0.831. The van der Waals surface area contributed by atoms with Crippen LogP contribution in [0.4, 0.5) is 0 Å². The Morgan fingerprint density at radius 2 is 1.77 bits per heavy atom. The molecule has 18 nitrogen and oxygen atoms in total. The van der Waals surface area contributed by atoms with Crippen molar-refractivity contribution < 1.29 is 51.4 Å². The molecule has 4 heterocycles. The minimum Gasteiger partial charge on any atom is -0.494 e. The number of imide groups is 2. The van der Waals surface area contributed by atoms with E-state index in [0.29, 0.717) is 41.2 Å². The van der Waals surface area contributed by atoms with Gasteiger partial charge in [0.25, 0.3) is 17.7 Å². The molecule has 0 spiro atoms. The summed E-state index contributed by atoms with van der Waals surface area (Å²) < 4.78 is 49.2. The highest BCUT2D eigenvalue weighted by Crippen LogP contribution is 2.39. The van der Waals surface area contributed by atoms with Crippen LogP contribution in [0.1, 0.15) is 108 Å². The number of piperidine rings is 1. The number of hydrogen-bond acceptors (Lipinski definition) is 13. The van der Waals surface area contributed by atoms with Crippen LogP contribution < -0.4 is 24.8 Å². The zero-order valence-electron chi connectivity index (χ0n) is 38.6. The molecule has 5 aromatic rings. The molecular weight excluding hydrogens is 930 g/mol. The lowest BCUT2D eigenvalue weighted by atomic mass is 9.86. The van der Waals surface area contributed by atoms with Crippen LogP contribution in [0.25, 0.3) is 11.0 Å². The number of nitrogens with one attached hydrogen (secondary N) is 2. The van der Waals surface area contributed by atoms with Crippen LogP contribution in [0.3, 0.4) is 0 Å². The molecule has 4 aromatic carbocycles. The number of aromatic nitrogens is 3. The molecule has 8 rings (SSSR count). The number of fused-ring (bicyclic) bond motifs is 3. The number of unbranched alkanes of at least 4 members (excludes halogenated alkanes) is 3. The van der Waals surface area contributed by atoms with Crippen LogP contribution in [0.15, 0.2) is 71.6 Å². The number of methoxy groups -OCH3 is 1. The minimum atomic E-state index is -4.03. The Hall–Kier alpha value is -6.70. The summed E-state index contributed by atoms with van der Waals surface area (Å²) in [6.45, 7) is 3.39. The molecule has 3 aliphatic heterocycles. The molecule has 0 saturated carbocycles. The van der Waals surface area contributed by atoms with Crippen LogP contribution in [0.5, 0.6) is 17.2 Å². The van der Waals surface area contributed by atoms with Crippen molar-refractivity contribution in [1.82, 2.24) is 34.8 Å². The summed E-state index contributed by atoms with van der Waals surface area (Å²) in [4.78, 5) is 76.6. The van der Waals surface area contributed by atoms with Gasteiger partial charge >= 0.3 is 0 Å². The number of aryl methyl sites for hydroxylation is 2. The molecule has 1 saturated heterocycles. The summed E-state index contributed by atoms with van der Waals surface area (Å²) in [5.41, 5.74) is 4.43. The lowest BCUT2D eigenvalue weighted by Gasteiger charge is -2.27. The van der Waals surface area contributed by atoms with E-state index >= 15 is 0 Å². The Morgan fingerprint density at radius 1 is 0.971 bits per heavy atom. The van der Waals surface area contributed by atoms with Gasteiger partial charge in [0, 0.05) is 43.9 Å². The fourth-order valence-electron chi connectivity index (χ4n) is 9.15. The SMILES string of the molecule is COc1cc([C@@H](CC(C)=O)c2ccc(Cl)c(CN3C[C@@H](C)Oc4cc(CCCCCCNC(=O)COc5cccc6c5C(=O)N(C5CCC(=O)NC5=O)C6=O)ccc4S3(=O)=O)c2)cc2nnn(C)c12. The van der Waals surface area contributed by atoms with E-state index in [1.54, 1.807) is 43.1 Å². The molecule has 3 aliphatic rings. The highest BCUT2D eigenvalue weighted by molar-refractivity contribution is 7.89. The summed E-state index contributed by atoms with van der Waals surface area (Å²) in [6.07, 6.45) is 3.56. The van der Waals surface area contributed by atoms with Crippen molar-refractivity contribution >= 4 is 68.0 Å². The Kier molecular flexibility index (Phi) is 14.5. The van der Waals surface area contributed by atoms with Crippen molar-refractivity contribution in [3.63, 3.8) is 0 Å². The highest BCUT2D eigenvalue weighted by Gasteiger charge is 2.46. The maximum Gasteiger partial charge on any atom is 0.266 e. The van der Waals surface area contributed by atoms with Crippen LogP contribution in [-0.4, -0.2) is 107 Å². The van der Waals surface area contributed by atoms with Gasteiger partial charge in [0.15, 0.2) is 6.61 Å². The molecule has 69 heavy (non-hydrogen) atoms. The van der Waals surface area contributed by atoms with Gasteiger partial charge in [0.2, 0.25) is 21.8 Å². The number of carbonyl (C=O) groups is 6. The number of Topliss-reactive ketones (excluding diaryl/α,β-unsaturated/α-hetero) is 1. The van der Waals surface area contributed by atoms with E-state index in [1.807, 2.05) is 31.2 Å². The average molecular weight is 983 g/mol. The first kappa shape index (κ1) is 48.7. The average Bonchev–Trinajstić information content (AvgIpc) is 3.78. The van der Waals surface area contributed by atoms with E-state index < -0.39 is 64.2 Å². The predicted molar refractivity (Wildman–Crippen MR) is 252 cm³/mol. The Morgan fingerprint density at radius 3 is 2.54 bits per heavy atom. The smallest absolute Gasteiger partial charge is 0.266 e. The number of nitrogens with zero attached hydrogens (tertiary/aromatic N) is 5. The maximum absolute atomic E-state index is 14.3. The number of ether oxygens (including phenoxy) is 3. The molecule has 1 unspecified atom stereocenters. The zero-order valence-corrected chi connectivity index (χ0v) is 40.2. The number of rotatable bonds is 18. The monoisotopic (exact) mass is 981 g/mol. The largest absolute Gasteiger partial charge is 0.494 e. The van der Waals surface area contributed by atoms with Gasteiger partial charge in [0.05, 0.1) is 24.8 Å². The van der Waals surface area contributed by atoms with Crippen LogP contribution >= 0.6 is 11.6 Å². The van der Waals surface area contributed by atoms with Gasteiger partial charge in [-0.3, -0.25) is 39.0 Å². The van der Waals surface area contributed by atoms with E-state index in [0.717, 1.165) is 46.4 Å². The number of hydrogen-bond donors (Lipinski definition) is 2. The lowest BCUT2D eigenvalue weighted by Crippen LogP contribution is -2.54. The van der Waals surface area contributed by atoms with Gasteiger partial charge in [-0.05, 0) is 104 Å². The second-order valence-electron chi connectivity index (χ2n) is 17.5. The topological polar surface area (TPSA) is 226 Å². The molecule has 1 fully saturated rings. The van der Waals surface area contributed by atoms with Crippen molar-refractivity contribution in [1.29, 1.82) is 0 Å². The summed E-state index contributed by atoms with van der Waals surface area (Å²) in [6, 6.07) is 17.7. The third-order valence-electron chi connectivity index (χ3n) is 12.5. The molecular formula is C49H52ClN7O11S. The van der Waals surface area contributed by atoms with Crippen LogP contribution in [-0.2, 0) is 49.2 Å². The second-order valence-corrected chi connectivity index (χ2v) is 19.9. The lowest BCUT2D eigenvalue weighted by molar-refractivity contribution is -0.136. The molecule has 2 N–H and O–H groups in total. The van der Waals surface area contributed by atoms with Crippen molar-refractivity contribution in [3.8, 4) is 17.2 Å². The highest BCUT2D eigenvalue weighted by atomic mass is 35.5. The standard InChI is InChI=1S/C49H52ClN7O11S/c1-28(58)20-35(32-23-37-46(41(24-32)66-4)55(3)54-53-37)31-14-15-36(50)33(22-31)26-56-25-29(2)68-40-21-30(13-17-42(40)69(56,64)65)10-7-5-6-8-19-51-44(60)27-67-39-12-9-11-34-45(39)49(63)57(48(34)62)38-16-18-43(59)52-47(38)61/h9,11-15,17,21-24,29,35,38H,5-8,10,16,18-20,25-27H2,1-4H3,(H,51,60)(H,52,59,61)/t29-,35+,38?/m1/s1. The van der Waals surface area contributed by atoms with Gasteiger partial charge < -0.3 is 19.5 Å². The molecule has 3 atom stereocenters. The summed E-state index contributed by atoms with van der Waals surface area (Å²) in [7, 11) is -0.697. The quantitative estimate of drug-likeness (QED) is 0.0829. The Labute approximate surface area is 403 Å². The maximum atomic E-state index is 14.3. The van der Waals surface area contributed by atoms with Crippen molar-refractivity contribution in [3.05, 3.63) is 105 Å². The molecule has 0 radical (unpaired) electrons. The van der Waals surface area contributed by atoms with E-state index in [9.17, 15) is 37.2 Å². The van der Waals surface area contributed by atoms with Gasteiger partial charge in [-0.25, -0.2) is 13.1 Å². The van der Waals surface area contributed by atoms with E-state index in [1.165, 1.54) is 29.4 Å². The summed E-state index contributed by atoms with van der Waals surface area (Å²) >= 11 is 6.76. The number of benzene rings is 4. The summed E-state index contributed by atoms with van der Waals surface area (Å²) in [5.74, 6) is -2.53. The third-order valence-corrected chi connectivity index (χ3v) is 14.8. The normalized spacial score (nSPS) is 18.2. The van der Waals surface area contributed by atoms with Crippen LogP contribution in [0, 0.1) is 0 Å². The first-order valence-corrected chi connectivity index (χ1v) is 24.5. The van der Waals surface area contributed by atoms with Crippen LogP contribution in [0.2, 0.25) is 5.02 Å². The molecule has 0 aliphatic carbocycles. The van der Waals surface area contributed by atoms with Gasteiger partial charge in [-0.2, -0.15) is 4.31 Å². The number of ketones is 1. The van der Waals surface area contributed by atoms with Crippen molar-refractivity contribution in [2.45, 2.75) is 94.7 Å². The van der Waals surface area contributed by atoms with Gasteiger partial charge in [-0.15, -0.1) is 5.10 Å². The van der Waals surface area contributed by atoms with Gasteiger partial charge in [0.1, 0.15) is 51.1 Å². The van der Waals surface area contributed by atoms with E-state index in [2.05, 4.69) is 20.9 Å². The third kappa shape index (κ3) is 10.4. The summed E-state index contributed by atoms with van der Waals surface area (Å²) in [5, 5.41) is 13.8. The first-order valence-electron chi connectivity index (χ1n) is 22.7. The molecule has 0 bridgehead atoms. The van der Waals surface area contributed by atoms with Gasteiger partial charge in [-0.1, -0.05) is 53.9 Å². The molecule has 5 amide bonds. The molecule has 1 aromatic heterocycles. The van der Waals surface area contributed by atoms with Crippen molar-refractivity contribution in [2.24, 2.45) is 7.05 Å². The first-order chi connectivity index (χ1) is 33.0. The number of halogens is 1. The predicted octanol–water partition coefficient (Wildman–Crippen LogP) is 5.41. The number of sulfonamides is 1. The van der Waals surface area contributed by atoms with Crippen molar-refractivity contribution in [2.75, 3.05) is 26.8 Å². The Bertz CT molecular complexity index is 2990. The molecule has 20 heteroatoms. The fourth-order valence-corrected chi connectivity index (χ4v) is 10.9. The second kappa shape index (κ2) is 20.5. The van der Waals surface area contributed by atoms with E-state index in [-0.39, 0.29) is 65.7 Å². The number of amides is 5. The zero-order chi connectivity index (χ0) is 49.1. The number of carbonyl (C=O) groups excluding carboxylic acids is 6. The van der Waals surface area contributed by atoms with E-state index in [4.69, 9.17) is 25.8 Å².